The van der Waals surface area contributed by atoms with Crippen molar-refractivity contribution < 1.29 is 29.3 Å². The van der Waals surface area contributed by atoms with Gasteiger partial charge in [-0.25, -0.2) is 0 Å². The van der Waals surface area contributed by atoms with Crippen LogP contribution in [0.25, 0.3) is 0 Å². The molecule has 1 unspecified atom stereocenters. The normalized spacial score (nSPS) is 16.4. The molecule has 0 aliphatic carbocycles. The number of halogens is 1. The van der Waals surface area contributed by atoms with Crippen LogP contribution in [0.2, 0.25) is 0 Å². The molecule has 7 N–H and O–H groups in total. The summed E-state index contributed by atoms with van der Waals surface area (Å²) in [6, 6.07) is 12.4. The number of nitrogens with one attached hydrogen (secondary N) is 3. The van der Waals surface area contributed by atoms with Gasteiger partial charge in [0, 0.05) is 29.2 Å². The molecule has 0 bridgehead atoms. The Morgan fingerprint density at radius 1 is 1.12 bits per heavy atom. The number of aliphatic hydroxyl groups is 2. The number of nitrogens with two attached hydrogens (primary N) is 1. The lowest BCUT2D eigenvalue weighted by atomic mass is 10.1. The van der Waals surface area contributed by atoms with Crippen LogP contribution in [0.1, 0.15) is 5.56 Å². The minimum atomic E-state index is -1.75. The number of nitrogen functional groups attached to an aromatic ring is 1. The van der Waals surface area contributed by atoms with Crippen molar-refractivity contribution >= 4 is 53.0 Å². The van der Waals surface area contributed by atoms with Crippen LogP contribution in [-0.2, 0) is 19.1 Å². The molecule has 1 heterocycles. The number of hydrogen-bond acceptors (Lipinski definition) is 7. The molecule has 176 valence electrons. The van der Waals surface area contributed by atoms with Crippen LogP contribution in [0.3, 0.4) is 0 Å². The summed E-state index contributed by atoms with van der Waals surface area (Å²) in [5, 5.41) is 31.6. The van der Waals surface area contributed by atoms with E-state index in [2.05, 4.69) is 10.6 Å². The molecule has 33 heavy (non-hydrogen) atoms. The van der Waals surface area contributed by atoms with Gasteiger partial charge in [0.05, 0.1) is 6.61 Å². The molecule has 3 amide bonds. The summed E-state index contributed by atoms with van der Waals surface area (Å²) in [7, 11) is 0. The number of rotatable bonds is 7. The number of nitrogens with zero attached hydrogens (tertiary/aromatic N) is 1. The second kappa shape index (κ2) is 11.4. The van der Waals surface area contributed by atoms with Gasteiger partial charge in [-0.3, -0.25) is 19.8 Å². The van der Waals surface area contributed by atoms with Crippen molar-refractivity contribution in [1.29, 1.82) is 5.41 Å². The third kappa shape index (κ3) is 6.26. The predicted molar refractivity (Wildman–Crippen MR) is 124 cm³/mol. The van der Waals surface area contributed by atoms with Gasteiger partial charge in [0.15, 0.2) is 12.2 Å². The highest BCUT2D eigenvalue weighted by Crippen LogP contribution is 2.23. The summed E-state index contributed by atoms with van der Waals surface area (Å²) in [6.45, 7) is -0.318. The summed E-state index contributed by atoms with van der Waals surface area (Å²) in [5.41, 5.74) is 7.17. The molecule has 0 saturated carbocycles. The van der Waals surface area contributed by atoms with Crippen molar-refractivity contribution in [3.8, 4) is 0 Å². The minimum absolute atomic E-state index is 0. The highest BCUT2D eigenvalue weighted by Gasteiger charge is 2.39. The third-order valence-corrected chi connectivity index (χ3v) is 4.75. The number of anilines is 3. The molecule has 0 aromatic heterocycles. The van der Waals surface area contributed by atoms with E-state index in [9.17, 15) is 19.5 Å². The molecular formula is C21H24ClN5O6. The second-order valence-corrected chi connectivity index (χ2v) is 6.96. The van der Waals surface area contributed by atoms with E-state index in [1.165, 1.54) is 17.0 Å². The number of morpholine rings is 1. The van der Waals surface area contributed by atoms with Gasteiger partial charge in [0.25, 0.3) is 11.8 Å². The van der Waals surface area contributed by atoms with Gasteiger partial charge in [-0.15, -0.1) is 12.4 Å². The standard InChI is InChI=1S/C21H23N5O6.ClH/c22-19(23)12-1-3-14(4-2-12)25-20(30)17(29)18-21(31)26(9-10-32-18)15-7-5-13(6-8-15)24-16(28)11-27;/h1-8,17-18,27,29H,9-11H2,(H3,22,23)(H,24,28)(H,25,30);1H/t17?,18-;/m1./s1. The number of benzene rings is 2. The van der Waals surface area contributed by atoms with Crippen LogP contribution in [0.5, 0.6) is 0 Å². The first-order valence-electron chi connectivity index (χ1n) is 9.67. The first kappa shape index (κ1) is 25.7. The summed E-state index contributed by atoms with van der Waals surface area (Å²) in [6.07, 6.45) is -3.14. The molecule has 2 aromatic rings. The van der Waals surface area contributed by atoms with Gasteiger partial charge in [-0.2, -0.15) is 0 Å². The van der Waals surface area contributed by atoms with E-state index in [-0.39, 0.29) is 31.4 Å². The van der Waals surface area contributed by atoms with E-state index < -0.39 is 36.5 Å². The Labute approximate surface area is 195 Å². The lowest BCUT2D eigenvalue weighted by Crippen LogP contribution is -2.55. The summed E-state index contributed by atoms with van der Waals surface area (Å²) < 4.78 is 5.37. The highest BCUT2D eigenvalue weighted by atomic mass is 35.5. The van der Waals surface area contributed by atoms with Gasteiger partial charge >= 0.3 is 0 Å². The average molecular weight is 478 g/mol. The van der Waals surface area contributed by atoms with Gasteiger partial charge in [-0.1, -0.05) is 0 Å². The molecule has 0 radical (unpaired) electrons. The van der Waals surface area contributed by atoms with Gasteiger partial charge in [-0.05, 0) is 48.5 Å². The summed E-state index contributed by atoms with van der Waals surface area (Å²) in [5.74, 6) is -2.08. The first-order valence-corrected chi connectivity index (χ1v) is 9.67. The fourth-order valence-electron chi connectivity index (χ4n) is 3.10. The fourth-order valence-corrected chi connectivity index (χ4v) is 3.10. The van der Waals surface area contributed by atoms with Crippen molar-refractivity contribution in [2.24, 2.45) is 5.73 Å². The molecule has 12 heteroatoms. The second-order valence-electron chi connectivity index (χ2n) is 6.96. The summed E-state index contributed by atoms with van der Waals surface area (Å²) >= 11 is 0. The quantitative estimate of drug-likeness (QED) is 0.241. The fraction of sp³-hybridized carbons (Fsp3) is 0.238. The van der Waals surface area contributed by atoms with Crippen LogP contribution in [0, 0.1) is 5.41 Å². The van der Waals surface area contributed by atoms with Crippen molar-refractivity contribution in [3.63, 3.8) is 0 Å². The lowest BCUT2D eigenvalue weighted by molar-refractivity contribution is -0.150. The number of carbonyl (C=O) groups excluding carboxylic acids is 3. The van der Waals surface area contributed by atoms with Crippen molar-refractivity contribution in [2.45, 2.75) is 12.2 Å². The lowest BCUT2D eigenvalue weighted by Gasteiger charge is -2.34. The molecule has 2 atom stereocenters. The Hall–Kier alpha value is -3.51. The van der Waals surface area contributed by atoms with Crippen LogP contribution in [0.4, 0.5) is 17.1 Å². The van der Waals surface area contributed by atoms with Crippen LogP contribution in [-0.4, -0.2) is 65.7 Å². The number of aliphatic hydroxyl groups excluding tert-OH is 2. The van der Waals surface area contributed by atoms with Crippen LogP contribution < -0.4 is 21.3 Å². The number of amidine groups is 1. The zero-order valence-electron chi connectivity index (χ0n) is 17.4. The van der Waals surface area contributed by atoms with E-state index in [0.717, 1.165) is 0 Å². The molecule has 1 aliphatic heterocycles. The Morgan fingerprint density at radius 3 is 2.27 bits per heavy atom. The number of carbonyl (C=O) groups is 3. The van der Waals surface area contributed by atoms with Crippen molar-refractivity contribution in [2.75, 3.05) is 35.3 Å². The number of amides is 3. The molecule has 2 aromatic carbocycles. The van der Waals surface area contributed by atoms with E-state index >= 15 is 0 Å². The van der Waals surface area contributed by atoms with E-state index in [4.69, 9.17) is 21.0 Å². The molecule has 1 saturated heterocycles. The van der Waals surface area contributed by atoms with Crippen LogP contribution in [0.15, 0.2) is 48.5 Å². The van der Waals surface area contributed by atoms with Crippen LogP contribution >= 0.6 is 12.4 Å². The predicted octanol–water partition coefficient (Wildman–Crippen LogP) is 0.0547. The molecular weight excluding hydrogens is 454 g/mol. The monoisotopic (exact) mass is 477 g/mol. The molecule has 3 rings (SSSR count). The SMILES string of the molecule is Cl.N=C(N)c1ccc(NC(=O)C(O)[C@H]2OCCN(c3ccc(NC(=O)CO)cc3)C2=O)cc1. The molecule has 11 nitrogen and oxygen atoms in total. The van der Waals surface area contributed by atoms with Gasteiger partial charge < -0.3 is 36.2 Å². The zero-order valence-corrected chi connectivity index (χ0v) is 18.2. The Kier molecular flexibility index (Phi) is 8.88. The third-order valence-electron chi connectivity index (χ3n) is 4.75. The maximum atomic E-state index is 12.9. The number of hydrogen-bond donors (Lipinski definition) is 6. The minimum Gasteiger partial charge on any atom is -0.387 e. The Bertz CT molecular complexity index is 1010. The molecule has 1 fully saturated rings. The highest BCUT2D eigenvalue weighted by molar-refractivity contribution is 6.04. The number of ether oxygens (including phenoxy) is 1. The zero-order chi connectivity index (χ0) is 23.3. The smallest absolute Gasteiger partial charge is 0.259 e. The Balaban J connectivity index is 0.00000385. The van der Waals surface area contributed by atoms with E-state index in [1.54, 1.807) is 36.4 Å². The molecule has 1 aliphatic rings. The largest absolute Gasteiger partial charge is 0.387 e. The summed E-state index contributed by atoms with van der Waals surface area (Å²) in [4.78, 5) is 38.0. The van der Waals surface area contributed by atoms with Crippen molar-refractivity contribution in [3.05, 3.63) is 54.1 Å². The molecule has 0 spiro atoms. The van der Waals surface area contributed by atoms with Crippen molar-refractivity contribution in [1.82, 2.24) is 0 Å². The Morgan fingerprint density at radius 2 is 1.70 bits per heavy atom. The van der Waals surface area contributed by atoms with Gasteiger partial charge in [0.1, 0.15) is 12.4 Å². The van der Waals surface area contributed by atoms with E-state index in [0.29, 0.717) is 22.6 Å². The maximum absolute atomic E-state index is 12.9. The maximum Gasteiger partial charge on any atom is 0.259 e. The van der Waals surface area contributed by atoms with E-state index in [1.807, 2.05) is 0 Å². The first-order chi connectivity index (χ1) is 15.3. The average Bonchev–Trinajstić information content (AvgIpc) is 2.79. The topological polar surface area (TPSA) is 178 Å². The van der Waals surface area contributed by atoms with Gasteiger partial charge in [0.2, 0.25) is 5.91 Å².